The Kier molecular flexibility index (Phi) is 4.37. The molecule has 2 amide bonds. The third-order valence-electron chi connectivity index (χ3n) is 3.93. The quantitative estimate of drug-likeness (QED) is 0.947. The van der Waals surface area contributed by atoms with E-state index in [9.17, 15) is 14.0 Å². The molecule has 0 aliphatic carbocycles. The van der Waals surface area contributed by atoms with Crippen molar-refractivity contribution in [2.75, 3.05) is 11.9 Å². The molecule has 3 rings (SSSR count). The number of halogens is 1. The van der Waals surface area contributed by atoms with E-state index >= 15 is 0 Å². The van der Waals surface area contributed by atoms with Crippen molar-refractivity contribution in [1.82, 2.24) is 4.90 Å². The lowest BCUT2D eigenvalue weighted by Crippen LogP contribution is -2.43. The van der Waals surface area contributed by atoms with Gasteiger partial charge in [0.1, 0.15) is 11.9 Å². The monoisotopic (exact) mass is 312 g/mol. The number of hydrogen-bond acceptors (Lipinski definition) is 2. The predicted octanol–water partition coefficient (Wildman–Crippen LogP) is 3.07. The van der Waals surface area contributed by atoms with Gasteiger partial charge in [0.15, 0.2) is 0 Å². The summed E-state index contributed by atoms with van der Waals surface area (Å²) in [6.07, 6.45) is 1.37. The van der Waals surface area contributed by atoms with E-state index in [-0.39, 0.29) is 17.4 Å². The standard InChI is InChI=1S/C18H17FN2O2/c19-14-7-4-6-13(12-14)18(23)21-11-5-10-16(21)17(22)20-15-8-2-1-3-9-15/h1-4,6-9,12,16H,5,10-11H2,(H,20,22). The Morgan fingerprint density at radius 2 is 1.87 bits per heavy atom. The summed E-state index contributed by atoms with van der Waals surface area (Å²) in [6.45, 7) is 0.502. The number of rotatable bonds is 3. The fourth-order valence-electron chi connectivity index (χ4n) is 2.82. The van der Waals surface area contributed by atoms with Gasteiger partial charge in [-0.05, 0) is 43.2 Å². The van der Waals surface area contributed by atoms with Gasteiger partial charge in [0.05, 0.1) is 0 Å². The predicted molar refractivity (Wildman–Crippen MR) is 85.5 cm³/mol. The molecule has 1 aliphatic heterocycles. The normalized spacial score (nSPS) is 17.1. The van der Waals surface area contributed by atoms with E-state index in [2.05, 4.69) is 5.32 Å². The second-order valence-electron chi connectivity index (χ2n) is 5.52. The number of hydrogen-bond donors (Lipinski definition) is 1. The topological polar surface area (TPSA) is 49.4 Å². The molecule has 1 unspecified atom stereocenters. The van der Waals surface area contributed by atoms with Crippen LogP contribution < -0.4 is 5.32 Å². The van der Waals surface area contributed by atoms with Crippen LogP contribution in [-0.4, -0.2) is 29.3 Å². The van der Waals surface area contributed by atoms with E-state index in [0.29, 0.717) is 18.7 Å². The lowest BCUT2D eigenvalue weighted by atomic mass is 10.1. The summed E-state index contributed by atoms with van der Waals surface area (Å²) in [7, 11) is 0. The maximum atomic E-state index is 13.3. The zero-order valence-electron chi connectivity index (χ0n) is 12.5. The highest BCUT2D eigenvalue weighted by Crippen LogP contribution is 2.22. The van der Waals surface area contributed by atoms with Crippen molar-refractivity contribution < 1.29 is 14.0 Å². The maximum Gasteiger partial charge on any atom is 0.254 e. The van der Waals surface area contributed by atoms with Crippen LogP contribution in [0, 0.1) is 5.82 Å². The summed E-state index contributed by atoms with van der Waals surface area (Å²) < 4.78 is 13.3. The van der Waals surface area contributed by atoms with E-state index in [1.54, 1.807) is 18.2 Å². The third-order valence-corrected chi connectivity index (χ3v) is 3.93. The van der Waals surface area contributed by atoms with Gasteiger partial charge in [-0.25, -0.2) is 4.39 Å². The highest BCUT2D eigenvalue weighted by Gasteiger charge is 2.34. The van der Waals surface area contributed by atoms with E-state index < -0.39 is 11.9 Å². The average Bonchev–Trinajstić information content (AvgIpc) is 3.05. The maximum absolute atomic E-state index is 13.3. The first-order valence-corrected chi connectivity index (χ1v) is 7.57. The number of carbonyl (C=O) groups is 2. The molecule has 5 heteroatoms. The zero-order chi connectivity index (χ0) is 16.2. The van der Waals surface area contributed by atoms with Gasteiger partial charge < -0.3 is 10.2 Å². The van der Waals surface area contributed by atoms with Crippen LogP contribution in [0.5, 0.6) is 0 Å². The number of para-hydroxylation sites is 1. The number of amides is 2. The zero-order valence-corrected chi connectivity index (χ0v) is 12.5. The Morgan fingerprint density at radius 3 is 2.61 bits per heavy atom. The number of benzene rings is 2. The van der Waals surface area contributed by atoms with Crippen LogP contribution in [0.15, 0.2) is 54.6 Å². The lowest BCUT2D eigenvalue weighted by molar-refractivity contribution is -0.119. The number of likely N-dealkylation sites (tertiary alicyclic amines) is 1. The Labute approximate surface area is 133 Å². The SMILES string of the molecule is O=C(Nc1ccccc1)C1CCCN1C(=O)c1cccc(F)c1. The second-order valence-corrected chi connectivity index (χ2v) is 5.52. The first-order chi connectivity index (χ1) is 11.1. The molecule has 0 radical (unpaired) electrons. The molecule has 0 bridgehead atoms. The molecule has 1 saturated heterocycles. The molecule has 4 nitrogen and oxygen atoms in total. The molecule has 23 heavy (non-hydrogen) atoms. The molecular weight excluding hydrogens is 295 g/mol. The van der Waals surface area contributed by atoms with Crippen LogP contribution in [0.1, 0.15) is 23.2 Å². The van der Waals surface area contributed by atoms with Gasteiger partial charge in [0, 0.05) is 17.8 Å². The van der Waals surface area contributed by atoms with Gasteiger partial charge in [0.25, 0.3) is 5.91 Å². The Hall–Kier alpha value is -2.69. The molecule has 1 atom stereocenters. The molecule has 1 fully saturated rings. The summed E-state index contributed by atoms with van der Waals surface area (Å²) in [5.41, 5.74) is 0.965. The van der Waals surface area contributed by atoms with Gasteiger partial charge >= 0.3 is 0 Å². The molecule has 2 aromatic rings. The summed E-state index contributed by atoms with van der Waals surface area (Å²) >= 11 is 0. The molecule has 1 N–H and O–H groups in total. The van der Waals surface area contributed by atoms with Crippen molar-refractivity contribution in [2.24, 2.45) is 0 Å². The van der Waals surface area contributed by atoms with Gasteiger partial charge in [-0.15, -0.1) is 0 Å². The smallest absolute Gasteiger partial charge is 0.254 e. The number of anilines is 1. The van der Waals surface area contributed by atoms with Crippen LogP contribution in [0.3, 0.4) is 0 Å². The molecule has 0 spiro atoms. The highest BCUT2D eigenvalue weighted by atomic mass is 19.1. The lowest BCUT2D eigenvalue weighted by Gasteiger charge is -2.24. The van der Waals surface area contributed by atoms with Crippen molar-refractivity contribution in [1.29, 1.82) is 0 Å². The summed E-state index contributed by atoms with van der Waals surface area (Å²) in [5.74, 6) is -0.978. The van der Waals surface area contributed by atoms with Crippen molar-refractivity contribution in [3.63, 3.8) is 0 Å². The molecule has 1 heterocycles. The minimum absolute atomic E-state index is 0.210. The van der Waals surface area contributed by atoms with E-state index in [0.717, 1.165) is 6.42 Å². The average molecular weight is 312 g/mol. The first-order valence-electron chi connectivity index (χ1n) is 7.57. The summed E-state index contributed by atoms with van der Waals surface area (Å²) in [5, 5.41) is 2.82. The molecule has 118 valence electrons. The molecule has 0 saturated carbocycles. The minimum Gasteiger partial charge on any atom is -0.327 e. The Bertz CT molecular complexity index is 718. The highest BCUT2D eigenvalue weighted by molar-refractivity contribution is 6.01. The van der Waals surface area contributed by atoms with Crippen molar-refractivity contribution in [3.8, 4) is 0 Å². The molecule has 2 aromatic carbocycles. The molecular formula is C18H17FN2O2. The van der Waals surface area contributed by atoms with Crippen molar-refractivity contribution >= 4 is 17.5 Å². The van der Waals surface area contributed by atoms with Crippen molar-refractivity contribution in [2.45, 2.75) is 18.9 Å². The van der Waals surface area contributed by atoms with Gasteiger partial charge in [-0.3, -0.25) is 9.59 Å². The fraction of sp³-hybridized carbons (Fsp3) is 0.222. The minimum atomic E-state index is -0.522. The van der Waals surface area contributed by atoms with Crippen molar-refractivity contribution in [3.05, 3.63) is 66.0 Å². The van der Waals surface area contributed by atoms with Crippen LogP contribution >= 0.6 is 0 Å². The van der Waals surface area contributed by atoms with E-state index in [1.807, 2.05) is 18.2 Å². The molecule has 1 aliphatic rings. The van der Waals surface area contributed by atoms with Crippen LogP contribution in [-0.2, 0) is 4.79 Å². The summed E-state index contributed by atoms with van der Waals surface area (Å²) in [4.78, 5) is 26.5. The van der Waals surface area contributed by atoms with E-state index in [1.165, 1.54) is 23.1 Å². The summed E-state index contributed by atoms with van der Waals surface area (Å²) in [6, 6.07) is 14.2. The van der Waals surface area contributed by atoms with Crippen LogP contribution in [0.2, 0.25) is 0 Å². The first kappa shape index (κ1) is 15.2. The fourth-order valence-corrected chi connectivity index (χ4v) is 2.82. The van der Waals surface area contributed by atoms with E-state index in [4.69, 9.17) is 0 Å². The van der Waals surface area contributed by atoms with Gasteiger partial charge in [0.2, 0.25) is 5.91 Å². The second kappa shape index (κ2) is 6.60. The molecule has 0 aromatic heterocycles. The van der Waals surface area contributed by atoms with Crippen LogP contribution in [0.4, 0.5) is 10.1 Å². The third kappa shape index (κ3) is 3.39. The number of nitrogens with zero attached hydrogens (tertiary/aromatic N) is 1. The Morgan fingerprint density at radius 1 is 1.09 bits per heavy atom. The van der Waals surface area contributed by atoms with Gasteiger partial charge in [-0.2, -0.15) is 0 Å². The Balaban J connectivity index is 1.74. The number of nitrogens with one attached hydrogen (secondary N) is 1. The van der Waals surface area contributed by atoms with Crippen LogP contribution in [0.25, 0.3) is 0 Å². The largest absolute Gasteiger partial charge is 0.327 e. The van der Waals surface area contributed by atoms with Gasteiger partial charge in [-0.1, -0.05) is 24.3 Å². The number of carbonyl (C=O) groups excluding carboxylic acids is 2.